The number of sulfonamides is 1. The zero-order valence-electron chi connectivity index (χ0n) is 9.68. The lowest BCUT2D eigenvalue weighted by atomic mass is 10.2. The van der Waals surface area contributed by atoms with Crippen molar-refractivity contribution in [3.05, 3.63) is 30.9 Å². The lowest BCUT2D eigenvalue weighted by Crippen LogP contribution is -2.16. The summed E-state index contributed by atoms with van der Waals surface area (Å²) >= 11 is 0. The molecule has 0 fully saturated rings. The Morgan fingerprint density at radius 1 is 1.53 bits per heavy atom. The summed E-state index contributed by atoms with van der Waals surface area (Å²) in [5.74, 6) is 0. The van der Waals surface area contributed by atoms with E-state index in [1.54, 1.807) is 12.1 Å². The van der Waals surface area contributed by atoms with Crippen LogP contribution in [0, 0.1) is 0 Å². The zero-order valence-corrected chi connectivity index (χ0v) is 10.5. The molecule has 1 aromatic rings. The minimum Gasteiger partial charge on any atom is -0.397 e. The van der Waals surface area contributed by atoms with Gasteiger partial charge >= 0.3 is 0 Å². The first-order valence-electron chi connectivity index (χ1n) is 5.14. The molecule has 1 atom stereocenters. The molecule has 1 unspecified atom stereocenters. The van der Waals surface area contributed by atoms with Crippen LogP contribution in [0.1, 0.15) is 13.3 Å². The Labute approximate surface area is 102 Å². The van der Waals surface area contributed by atoms with Crippen LogP contribution in [0.4, 0.5) is 11.4 Å². The Bertz CT molecular complexity index is 511. The number of hydrogen-bond donors (Lipinski definition) is 3. The molecule has 5 nitrogen and oxygen atoms in total. The normalized spacial score (nSPS) is 13.1. The van der Waals surface area contributed by atoms with Gasteiger partial charge in [0.2, 0.25) is 10.0 Å². The van der Waals surface area contributed by atoms with Crippen LogP contribution < -0.4 is 16.2 Å². The third-order valence-electron chi connectivity index (χ3n) is 2.27. The Kier molecular flexibility index (Phi) is 4.14. The summed E-state index contributed by atoms with van der Waals surface area (Å²) in [6, 6.07) is 4.55. The van der Waals surface area contributed by atoms with Gasteiger partial charge in [0.25, 0.3) is 0 Å². The lowest BCUT2D eigenvalue weighted by Gasteiger charge is -2.15. The SMILES string of the molecule is C=CCC(C)Nc1ccc(S(N)(=O)=O)cc1N. The molecule has 0 amide bonds. The van der Waals surface area contributed by atoms with E-state index in [2.05, 4.69) is 11.9 Å². The summed E-state index contributed by atoms with van der Waals surface area (Å²) in [6.45, 7) is 5.62. The predicted octanol–water partition coefficient (Wildman–Crippen LogP) is 1.29. The van der Waals surface area contributed by atoms with Crippen molar-refractivity contribution in [1.29, 1.82) is 0 Å². The number of nitrogens with one attached hydrogen (secondary N) is 1. The van der Waals surface area contributed by atoms with Crippen LogP contribution in [-0.4, -0.2) is 14.5 Å². The van der Waals surface area contributed by atoms with Gasteiger partial charge in [0, 0.05) is 6.04 Å². The Morgan fingerprint density at radius 3 is 2.65 bits per heavy atom. The van der Waals surface area contributed by atoms with Gasteiger partial charge in [0.05, 0.1) is 16.3 Å². The fourth-order valence-electron chi connectivity index (χ4n) is 1.42. The van der Waals surface area contributed by atoms with Crippen LogP contribution in [0.2, 0.25) is 0 Å². The molecule has 5 N–H and O–H groups in total. The number of benzene rings is 1. The van der Waals surface area contributed by atoms with Gasteiger partial charge in [0.15, 0.2) is 0 Å². The number of anilines is 2. The average molecular weight is 255 g/mol. The standard InChI is InChI=1S/C11H17N3O2S/c1-3-4-8(2)14-11-6-5-9(7-10(11)12)17(13,15)16/h3,5-8,14H,1,4,12H2,2H3,(H2,13,15,16). The quantitative estimate of drug-likeness (QED) is 0.545. The maximum atomic E-state index is 11.1. The van der Waals surface area contributed by atoms with Crippen LogP contribution in [0.3, 0.4) is 0 Å². The third kappa shape index (κ3) is 3.76. The van der Waals surface area contributed by atoms with Crippen molar-refractivity contribution < 1.29 is 8.42 Å². The summed E-state index contributed by atoms with van der Waals surface area (Å²) in [4.78, 5) is 0.0110. The molecule has 0 spiro atoms. The highest BCUT2D eigenvalue weighted by atomic mass is 32.2. The van der Waals surface area contributed by atoms with E-state index in [0.29, 0.717) is 11.4 Å². The number of nitrogens with two attached hydrogens (primary N) is 2. The number of nitrogen functional groups attached to an aromatic ring is 1. The second-order valence-corrected chi connectivity index (χ2v) is 5.43. The maximum absolute atomic E-state index is 11.1. The molecule has 0 saturated heterocycles. The molecule has 1 aromatic carbocycles. The van der Waals surface area contributed by atoms with Gasteiger partial charge in [-0.1, -0.05) is 6.08 Å². The molecule has 17 heavy (non-hydrogen) atoms. The minimum atomic E-state index is -3.70. The van der Waals surface area contributed by atoms with Crippen LogP contribution >= 0.6 is 0 Å². The van der Waals surface area contributed by atoms with Crippen LogP contribution in [-0.2, 0) is 10.0 Å². The second-order valence-electron chi connectivity index (χ2n) is 3.86. The molecular weight excluding hydrogens is 238 g/mol. The van der Waals surface area contributed by atoms with E-state index in [-0.39, 0.29) is 10.9 Å². The van der Waals surface area contributed by atoms with E-state index in [0.717, 1.165) is 6.42 Å². The van der Waals surface area contributed by atoms with Crippen molar-refractivity contribution in [3.8, 4) is 0 Å². The van der Waals surface area contributed by atoms with Crippen molar-refractivity contribution >= 4 is 21.4 Å². The molecule has 6 heteroatoms. The van der Waals surface area contributed by atoms with E-state index in [1.807, 2.05) is 6.92 Å². The lowest BCUT2D eigenvalue weighted by molar-refractivity contribution is 0.598. The predicted molar refractivity (Wildman–Crippen MR) is 70.1 cm³/mol. The summed E-state index contributed by atoms with van der Waals surface area (Å²) in [7, 11) is -3.70. The van der Waals surface area contributed by atoms with E-state index in [4.69, 9.17) is 10.9 Å². The number of hydrogen-bond acceptors (Lipinski definition) is 4. The van der Waals surface area contributed by atoms with Crippen molar-refractivity contribution in [2.45, 2.75) is 24.3 Å². The maximum Gasteiger partial charge on any atom is 0.238 e. The molecule has 94 valence electrons. The van der Waals surface area contributed by atoms with Gasteiger partial charge in [-0.2, -0.15) is 0 Å². The van der Waals surface area contributed by atoms with Gasteiger partial charge in [-0.05, 0) is 31.5 Å². The summed E-state index contributed by atoms with van der Waals surface area (Å²) in [5, 5.41) is 8.17. The molecular formula is C11H17N3O2S. The van der Waals surface area contributed by atoms with Crippen molar-refractivity contribution in [2.24, 2.45) is 5.14 Å². The summed E-state index contributed by atoms with van der Waals surface area (Å²) < 4.78 is 22.2. The van der Waals surface area contributed by atoms with Crippen LogP contribution in [0.15, 0.2) is 35.7 Å². The largest absolute Gasteiger partial charge is 0.397 e. The molecule has 0 bridgehead atoms. The van der Waals surface area contributed by atoms with Gasteiger partial charge in [-0.3, -0.25) is 0 Å². The second kappa shape index (κ2) is 5.20. The summed E-state index contributed by atoms with van der Waals surface area (Å²) in [5.41, 5.74) is 6.80. The molecule has 0 aliphatic carbocycles. The van der Waals surface area contributed by atoms with E-state index in [1.165, 1.54) is 12.1 Å². The van der Waals surface area contributed by atoms with Crippen molar-refractivity contribution in [2.75, 3.05) is 11.1 Å². The van der Waals surface area contributed by atoms with E-state index >= 15 is 0 Å². The molecule has 0 aromatic heterocycles. The zero-order chi connectivity index (χ0) is 13.1. The monoisotopic (exact) mass is 255 g/mol. The van der Waals surface area contributed by atoms with E-state index < -0.39 is 10.0 Å². The Hall–Kier alpha value is -1.53. The average Bonchev–Trinajstić information content (AvgIpc) is 2.20. The molecule has 0 radical (unpaired) electrons. The smallest absolute Gasteiger partial charge is 0.238 e. The molecule has 0 aliphatic rings. The van der Waals surface area contributed by atoms with Gasteiger partial charge in [-0.15, -0.1) is 6.58 Å². The van der Waals surface area contributed by atoms with E-state index in [9.17, 15) is 8.42 Å². The molecule has 1 rings (SSSR count). The molecule has 0 heterocycles. The first-order chi connectivity index (χ1) is 7.84. The fraction of sp³-hybridized carbons (Fsp3) is 0.273. The number of primary sulfonamides is 1. The highest BCUT2D eigenvalue weighted by molar-refractivity contribution is 7.89. The van der Waals surface area contributed by atoms with Crippen LogP contribution in [0.5, 0.6) is 0 Å². The fourth-order valence-corrected chi connectivity index (χ4v) is 1.97. The molecule has 0 aliphatic heterocycles. The molecule has 0 saturated carbocycles. The van der Waals surface area contributed by atoms with Crippen molar-refractivity contribution in [1.82, 2.24) is 0 Å². The highest BCUT2D eigenvalue weighted by Gasteiger charge is 2.10. The van der Waals surface area contributed by atoms with Gasteiger partial charge < -0.3 is 11.1 Å². The van der Waals surface area contributed by atoms with Crippen molar-refractivity contribution in [3.63, 3.8) is 0 Å². The first-order valence-corrected chi connectivity index (χ1v) is 6.69. The highest BCUT2D eigenvalue weighted by Crippen LogP contribution is 2.23. The topological polar surface area (TPSA) is 98.2 Å². The first kappa shape index (κ1) is 13.5. The third-order valence-corrected chi connectivity index (χ3v) is 3.18. The Morgan fingerprint density at radius 2 is 2.18 bits per heavy atom. The Balaban J connectivity index is 2.94. The number of rotatable bonds is 5. The minimum absolute atomic E-state index is 0.0110. The van der Waals surface area contributed by atoms with Gasteiger partial charge in [0.1, 0.15) is 0 Å². The van der Waals surface area contributed by atoms with Crippen LogP contribution in [0.25, 0.3) is 0 Å². The van der Waals surface area contributed by atoms with Gasteiger partial charge in [-0.25, -0.2) is 13.6 Å². The summed E-state index contributed by atoms with van der Waals surface area (Å²) in [6.07, 6.45) is 2.59.